The molecular formula is C11H16N2O5. The first kappa shape index (κ1) is 13.0. The number of aromatic nitrogens is 2. The maximum atomic E-state index is 11.7. The highest BCUT2D eigenvalue weighted by Crippen LogP contribution is 2.35. The van der Waals surface area contributed by atoms with Gasteiger partial charge in [-0.05, 0) is 6.42 Å². The van der Waals surface area contributed by atoms with Crippen LogP contribution in [0.25, 0.3) is 0 Å². The molecule has 0 bridgehead atoms. The van der Waals surface area contributed by atoms with Gasteiger partial charge in [-0.25, -0.2) is 4.79 Å². The van der Waals surface area contributed by atoms with E-state index in [1.165, 1.54) is 16.8 Å². The van der Waals surface area contributed by atoms with Gasteiger partial charge >= 0.3 is 5.69 Å². The van der Waals surface area contributed by atoms with E-state index in [1.54, 1.807) is 0 Å². The molecule has 4 atom stereocenters. The van der Waals surface area contributed by atoms with E-state index in [2.05, 4.69) is 4.98 Å². The summed E-state index contributed by atoms with van der Waals surface area (Å²) in [7, 11) is 0. The summed E-state index contributed by atoms with van der Waals surface area (Å²) in [5.74, 6) is -0.300. The third-order valence-corrected chi connectivity index (χ3v) is 3.28. The highest BCUT2D eigenvalue weighted by atomic mass is 16.5. The number of nitrogens with zero attached hydrogens (tertiary/aromatic N) is 1. The Balaban J connectivity index is 2.38. The van der Waals surface area contributed by atoms with Crippen molar-refractivity contribution in [3.63, 3.8) is 0 Å². The van der Waals surface area contributed by atoms with Gasteiger partial charge in [0, 0.05) is 18.2 Å². The van der Waals surface area contributed by atoms with Crippen LogP contribution in [0.4, 0.5) is 0 Å². The van der Waals surface area contributed by atoms with Crippen LogP contribution in [0.2, 0.25) is 0 Å². The molecule has 100 valence electrons. The number of aromatic amines is 1. The average molecular weight is 256 g/mol. The zero-order valence-corrected chi connectivity index (χ0v) is 9.94. The fourth-order valence-corrected chi connectivity index (χ4v) is 2.30. The van der Waals surface area contributed by atoms with E-state index in [9.17, 15) is 14.7 Å². The standard InChI is InChI=1S/C11H16N2O5/c1-2-6-9(16)7(5-14)18-10(6)13-4-3-8(15)12-11(13)17/h3-4,6-7,9-10,14,16H,2,5H2,1H3,(H,12,15,17)/t6-,7+,9-,10+/m0/s1. The molecule has 0 spiro atoms. The molecule has 0 saturated carbocycles. The van der Waals surface area contributed by atoms with E-state index < -0.39 is 29.7 Å². The minimum Gasteiger partial charge on any atom is -0.394 e. The maximum absolute atomic E-state index is 11.7. The predicted molar refractivity (Wildman–Crippen MR) is 62.1 cm³/mol. The van der Waals surface area contributed by atoms with E-state index in [0.29, 0.717) is 6.42 Å². The molecule has 18 heavy (non-hydrogen) atoms. The molecule has 7 heteroatoms. The molecule has 1 aromatic heterocycles. The molecular weight excluding hydrogens is 240 g/mol. The number of aliphatic hydroxyl groups is 2. The molecule has 0 aromatic carbocycles. The van der Waals surface area contributed by atoms with Gasteiger partial charge < -0.3 is 14.9 Å². The van der Waals surface area contributed by atoms with Gasteiger partial charge in [0.1, 0.15) is 12.3 Å². The summed E-state index contributed by atoms with van der Waals surface area (Å²) in [6.45, 7) is 1.55. The van der Waals surface area contributed by atoms with Gasteiger partial charge in [-0.3, -0.25) is 14.3 Å². The second-order valence-corrected chi connectivity index (χ2v) is 4.33. The molecule has 0 unspecified atom stereocenters. The molecule has 1 aromatic rings. The fourth-order valence-electron chi connectivity index (χ4n) is 2.30. The van der Waals surface area contributed by atoms with Crippen LogP contribution in [0.1, 0.15) is 19.6 Å². The van der Waals surface area contributed by atoms with E-state index in [1.807, 2.05) is 6.92 Å². The van der Waals surface area contributed by atoms with Crippen molar-refractivity contribution in [2.45, 2.75) is 31.8 Å². The number of ether oxygens (including phenoxy) is 1. The molecule has 1 fully saturated rings. The van der Waals surface area contributed by atoms with Crippen molar-refractivity contribution in [1.29, 1.82) is 0 Å². The van der Waals surface area contributed by atoms with Gasteiger partial charge in [-0.1, -0.05) is 6.92 Å². The summed E-state index contributed by atoms with van der Waals surface area (Å²) in [4.78, 5) is 24.8. The predicted octanol–water partition coefficient (Wildman–Crippen LogP) is -1.19. The van der Waals surface area contributed by atoms with Crippen LogP contribution in [0.15, 0.2) is 21.9 Å². The van der Waals surface area contributed by atoms with Crippen LogP contribution in [-0.2, 0) is 4.74 Å². The second-order valence-electron chi connectivity index (χ2n) is 4.33. The zero-order chi connectivity index (χ0) is 13.3. The van der Waals surface area contributed by atoms with Gasteiger partial charge in [0.2, 0.25) is 0 Å². The van der Waals surface area contributed by atoms with E-state index in [4.69, 9.17) is 9.84 Å². The highest BCUT2D eigenvalue weighted by Gasteiger charge is 2.43. The SMILES string of the molecule is CC[C@H]1[C@H](O)[C@@H](CO)O[C@H]1n1ccc(=O)[nH]c1=O. The molecule has 2 rings (SSSR count). The minimum absolute atomic E-state index is 0.300. The van der Waals surface area contributed by atoms with Crippen LogP contribution >= 0.6 is 0 Å². The van der Waals surface area contributed by atoms with Crippen molar-refractivity contribution < 1.29 is 14.9 Å². The lowest BCUT2D eigenvalue weighted by Gasteiger charge is -2.19. The number of aliphatic hydroxyl groups excluding tert-OH is 2. The molecule has 3 N–H and O–H groups in total. The maximum Gasteiger partial charge on any atom is 0.330 e. The van der Waals surface area contributed by atoms with E-state index in [-0.39, 0.29) is 12.5 Å². The lowest BCUT2D eigenvalue weighted by Crippen LogP contribution is -2.34. The van der Waals surface area contributed by atoms with Crippen LogP contribution in [-0.4, -0.2) is 38.6 Å². The van der Waals surface area contributed by atoms with E-state index in [0.717, 1.165) is 0 Å². The topological polar surface area (TPSA) is 105 Å². The van der Waals surface area contributed by atoms with Crippen molar-refractivity contribution in [2.75, 3.05) is 6.61 Å². The second kappa shape index (κ2) is 5.05. The van der Waals surface area contributed by atoms with Crippen LogP contribution in [0, 0.1) is 5.92 Å². The molecule has 0 radical (unpaired) electrons. The lowest BCUT2D eigenvalue weighted by molar-refractivity contribution is -0.0482. The first-order chi connectivity index (χ1) is 8.58. The monoisotopic (exact) mass is 256 g/mol. The third kappa shape index (κ3) is 2.12. The van der Waals surface area contributed by atoms with Crippen molar-refractivity contribution in [3.8, 4) is 0 Å². The number of hydrogen-bond donors (Lipinski definition) is 3. The Morgan fingerprint density at radius 1 is 1.50 bits per heavy atom. The Hall–Kier alpha value is -1.44. The summed E-state index contributed by atoms with van der Waals surface area (Å²) >= 11 is 0. The minimum atomic E-state index is -0.830. The van der Waals surface area contributed by atoms with Crippen molar-refractivity contribution in [1.82, 2.24) is 9.55 Å². The van der Waals surface area contributed by atoms with Crippen molar-refractivity contribution in [3.05, 3.63) is 33.1 Å². The average Bonchev–Trinajstić information content (AvgIpc) is 2.65. The first-order valence-electron chi connectivity index (χ1n) is 5.84. The number of rotatable bonds is 3. The summed E-state index contributed by atoms with van der Waals surface area (Å²) in [6, 6.07) is 1.22. The summed E-state index contributed by atoms with van der Waals surface area (Å²) in [5.41, 5.74) is -1.07. The molecule has 7 nitrogen and oxygen atoms in total. The Labute approximate surface area is 103 Å². The van der Waals surface area contributed by atoms with Gasteiger partial charge in [0.25, 0.3) is 5.56 Å². The number of nitrogens with one attached hydrogen (secondary N) is 1. The van der Waals surface area contributed by atoms with Crippen molar-refractivity contribution in [2.24, 2.45) is 5.92 Å². The Bertz CT molecular complexity index is 523. The summed E-state index contributed by atoms with van der Waals surface area (Å²) in [6.07, 6.45) is -0.288. The number of H-pyrrole nitrogens is 1. The number of hydrogen-bond acceptors (Lipinski definition) is 5. The quantitative estimate of drug-likeness (QED) is 0.631. The van der Waals surface area contributed by atoms with Gasteiger partial charge in [0.05, 0.1) is 12.7 Å². The van der Waals surface area contributed by atoms with Gasteiger partial charge in [-0.2, -0.15) is 0 Å². The Morgan fingerprint density at radius 2 is 2.22 bits per heavy atom. The van der Waals surface area contributed by atoms with Crippen LogP contribution in [0.5, 0.6) is 0 Å². The van der Waals surface area contributed by atoms with Crippen molar-refractivity contribution >= 4 is 0 Å². The molecule has 1 saturated heterocycles. The zero-order valence-electron chi connectivity index (χ0n) is 9.94. The fraction of sp³-hybridized carbons (Fsp3) is 0.636. The summed E-state index contributed by atoms with van der Waals surface area (Å²) in [5, 5.41) is 19.1. The summed E-state index contributed by atoms with van der Waals surface area (Å²) < 4.78 is 6.70. The molecule has 1 aliphatic rings. The van der Waals surface area contributed by atoms with Crippen LogP contribution < -0.4 is 11.2 Å². The molecule has 0 aliphatic carbocycles. The van der Waals surface area contributed by atoms with Gasteiger partial charge in [0.15, 0.2) is 0 Å². The largest absolute Gasteiger partial charge is 0.394 e. The third-order valence-electron chi connectivity index (χ3n) is 3.28. The van der Waals surface area contributed by atoms with Crippen LogP contribution in [0.3, 0.4) is 0 Å². The smallest absolute Gasteiger partial charge is 0.330 e. The van der Waals surface area contributed by atoms with E-state index >= 15 is 0 Å². The first-order valence-corrected chi connectivity index (χ1v) is 5.84. The molecule has 1 aliphatic heterocycles. The Kier molecular flexibility index (Phi) is 3.65. The molecule has 0 amide bonds. The lowest BCUT2D eigenvalue weighted by atomic mass is 9.97. The normalized spacial score (nSPS) is 31.7. The Morgan fingerprint density at radius 3 is 2.78 bits per heavy atom. The highest BCUT2D eigenvalue weighted by molar-refractivity contribution is 4.92. The molecule has 2 heterocycles. The van der Waals surface area contributed by atoms with Gasteiger partial charge in [-0.15, -0.1) is 0 Å².